The molecule has 25 heavy (non-hydrogen) atoms. The van der Waals surface area contributed by atoms with Crippen LogP contribution in [0.3, 0.4) is 0 Å². The largest absolute Gasteiger partial charge is 0.484 e. The summed E-state index contributed by atoms with van der Waals surface area (Å²) in [4.78, 5) is 22.7. The molecular formula is C16H21F3N2O4. The second-order valence-corrected chi connectivity index (χ2v) is 6.19. The van der Waals surface area contributed by atoms with E-state index in [9.17, 15) is 22.8 Å². The Hall–Kier alpha value is -2.45. The second-order valence-electron chi connectivity index (χ2n) is 6.19. The Kier molecular flexibility index (Phi) is 6.66. The number of nitrogens with one attached hydrogen (secondary N) is 2. The molecule has 0 bridgehead atoms. The normalized spacial score (nSPS) is 11.8. The van der Waals surface area contributed by atoms with E-state index in [0.29, 0.717) is 11.3 Å². The van der Waals surface area contributed by atoms with Gasteiger partial charge in [-0.3, -0.25) is 4.79 Å². The van der Waals surface area contributed by atoms with Gasteiger partial charge in [-0.15, -0.1) is 0 Å². The van der Waals surface area contributed by atoms with Crippen molar-refractivity contribution in [2.75, 3.05) is 11.9 Å². The molecule has 0 aromatic heterocycles. The molecular weight excluding hydrogens is 341 g/mol. The van der Waals surface area contributed by atoms with E-state index in [-0.39, 0.29) is 18.6 Å². The van der Waals surface area contributed by atoms with Crippen molar-refractivity contribution >= 4 is 17.7 Å². The number of rotatable bonds is 7. The van der Waals surface area contributed by atoms with Crippen molar-refractivity contribution in [3.05, 3.63) is 23.8 Å². The van der Waals surface area contributed by atoms with E-state index in [4.69, 9.17) is 9.84 Å². The zero-order chi connectivity index (χ0) is 19.3. The van der Waals surface area contributed by atoms with Crippen LogP contribution in [-0.4, -0.2) is 35.4 Å². The first-order chi connectivity index (χ1) is 11.4. The summed E-state index contributed by atoms with van der Waals surface area (Å²) >= 11 is 0. The molecule has 0 saturated carbocycles. The number of carboxylic acids is 1. The van der Waals surface area contributed by atoms with Crippen molar-refractivity contribution in [1.29, 1.82) is 0 Å². The number of alkyl halides is 3. The molecule has 0 aliphatic heterocycles. The number of halogens is 3. The molecule has 3 N–H and O–H groups in total. The molecule has 1 rings (SSSR count). The molecule has 140 valence electrons. The minimum atomic E-state index is -4.46. The number of carbonyl (C=O) groups excluding carboxylic acids is 1. The lowest BCUT2D eigenvalue weighted by atomic mass is 9.99. The minimum absolute atomic E-state index is 0.0141. The summed E-state index contributed by atoms with van der Waals surface area (Å²) in [5.74, 6) is -0.957. The van der Waals surface area contributed by atoms with Gasteiger partial charge in [0.25, 0.3) is 0 Å². The maximum absolute atomic E-state index is 12.3. The predicted octanol–water partition coefficient (Wildman–Crippen LogP) is 3.70. The number of amides is 2. The number of hydrogen-bond acceptors (Lipinski definition) is 3. The van der Waals surface area contributed by atoms with Gasteiger partial charge in [-0.05, 0) is 39.3 Å². The summed E-state index contributed by atoms with van der Waals surface area (Å²) in [6.07, 6.45) is -4.34. The first-order valence-corrected chi connectivity index (χ1v) is 7.50. The van der Waals surface area contributed by atoms with Crippen molar-refractivity contribution in [2.24, 2.45) is 0 Å². The lowest BCUT2D eigenvalue weighted by Gasteiger charge is -2.26. The summed E-state index contributed by atoms with van der Waals surface area (Å²) in [7, 11) is 0. The highest BCUT2D eigenvalue weighted by Crippen LogP contribution is 2.27. The second kappa shape index (κ2) is 8.09. The molecule has 0 heterocycles. The summed E-state index contributed by atoms with van der Waals surface area (Å²) in [5.41, 5.74) is -0.114. The van der Waals surface area contributed by atoms with E-state index in [1.807, 2.05) is 0 Å². The van der Waals surface area contributed by atoms with Crippen LogP contribution in [0.4, 0.5) is 23.7 Å². The van der Waals surface area contributed by atoms with Gasteiger partial charge in [-0.2, -0.15) is 13.2 Å². The van der Waals surface area contributed by atoms with Crippen LogP contribution < -0.4 is 15.4 Å². The molecule has 6 nitrogen and oxygen atoms in total. The third-order valence-corrected chi connectivity index (χ3v) is 3.34. The Balaban J connectivity index is 2.72. The van der Waals surface area contributed by atoms with Crippen molar-refractivity contribution < 1.29 is 32.6 Å². The molecule has 0 atom stereocenters. The molecule has 0 aliphatic carbocycles. The summed E-state index contributed by atoms with van der Waals surface area (Å²) in [6.45, 7) is 3.44. The number of carboxylic acid groups (broad SMARTS) is 1. The molecule has 0 unspecified atom stereocenters. The van der Waals surface area contributed by atoms with Gasteiger partial charge in [0.15, 0.2) is 6.61 Å². The van der Waals surface area contributed by atoms with E-state index < -0.39 is 30.3 Å². The smallest absolute Gasteiger partial charge is 0.422 e. The number of carbonyl (C=O) groups is 2. The number of ether oxygens (including phenoxy) is 1. The molecule has 1 aromatic rings. The Morgan fingerprint density at radius 1 is 1.24 bits per heavy atom. The van der Waals surface area contributed by atoms with Crippen LogP contribution in [-0.2, 0) is 4.79 Å². The van der Waals surface area contributed by atoms with Crippen LogP contribution >= 0.6 is 0 Å². The lowest BCUT2D eigenvalue weighted by Crippen LogP contribution is -2.45. The molecule has 2 amide bonds. The van der Waals surface area contributed by atoms with Gasteiger partial charge in [0.1, 0.15) is 5.75 Å². The fraction of sp³-hybridized carbons (Fsp3) is 0.500. The third-order valence-electron chi connectivity index (χ3n) is 3.34. The van der Waals surface area contributed by atoms with E-state index in [2.05, 4.69) is 10.6 Å². The van der Waals surface area contributed by atoms with Crippen LogP contribution in [0.15, 0.2) is 18.2 Å². The van der Waals surface area contributed by atoms with Crippen LogP contribution in [0.5, 0.6) is 5.75 Å². The van der Waals surface area contributed by atoms with Gasteiger partial charge in [-0.25, -0.2) is 4.79 Å². The van der Waals surface area contributed by atoms with Crippen LogP contribution in [0.25, 0.3) is 0 Å². The maximum atomic E-state index is 12.3. The number of hydrogen-bond donors (Lipinski definition) is 3. The summed E-state index contributed by atoms with van der Waals surface area (Å²) in [6, 6.07) is 3.77. The van der Waals surface area contributed by atoms with E-state index >= 15 is 0 Å². The first-order valence-electron chi connectivity index (χ1n) is 7.50. The summed E-state index contributed by atoms with van der Waals surface area (Å²) in [5, 5.41) is 13.9. The molecule has 0 aliphatic rings. The SMILES string of the molecule is Cc1c(NC(=O)NC(C)(C)CCC(=O)O)cccc1OCC(F)(F)F. The highest BCUT2D eigenvalue weighted by atomic mass is 19.4. The van der Waals surface area contributed by atoms with Gasteiger partial charge in [0.2, 0.25) is 0 Å². The zero-order valence-electron chi connectivity index (χ0n) is 14.2. The fourth-order valence-electron chi connectivity index (χ4n) is 2.01. The highest BCUT2D eigenvalue weighted by molar-refractivity contribution is 5.91. The average molecular weight is 362 g/mol. The molecule has 0 radical (unpaired) electrons. The van der Waals surface area contributed by atoms with Gasteiger partial charge in [0.05, 0.1) is 0 Å². The third kappa shape index (κ3) is 7.77. The molecule has 0 saturated heterocycles. The topological polar surface area (TPSA) is 87.7 Å². The van der Waals surface area contributed by atoms with Crippen molar-refractivity contribution in [3.8, 4) is 5.75 Å². The van der Waals surface area contributed by atoms with Crippen LogP contribution in [0, 0.1) is 6.92 Å². The van der Waals surface area contributed by atoms with Gasteiger partial charge < -0.3 is 20.5 Å². The molecule has 9 heteroatoms. The van der Waals surface area contributed by atoms with Gasteiger partial charge >= 0.3 is 18.2 Å². The van der Waals surface area contributed by atoms with Gasteiger partial charge in [0, 0.05) is 23.2 Å². The molecule has 1 aromatic carbocycles. The van der Waals surface area contributed by atoms with E-state index in [1.165, 1.54) is 25.1 Å². The van der Waals surface area contributed by atoms with Crippen LogP contribution in [0.2, 0.25) is 0 Å². The maximum Gasteiger partial charge on any atom is 0.422 e. The first kappa shape index (κ1) is 20.6. The van der Waals surface area contributed by atoms with E-state index in [0.717, 1.165) is 0 Å². The average Bonchev–Trinajstić information content (AvgIpc) is 2.45. The Morgan fingerprint density at radius 2 is 1.88 bits per heavy atom. The molecule has 0 spiro atoms. The highest BCUT2D eigenvalue weighted by Gasteiger charge is 2.29. The fourth-order valence-corrected chi connectivity index (χ4v) is 2.01. The lowest BCUT2D eigenvalue weighted by molar-refractivity contribution is -0.153. The number of benzene rings is 1. The van der Waals surface area contributed by atoms with Crippen molar-refractivity contribution in [3.63, 3.8) is 0 Å². The van der Waals surface area contributed by atoms with E-state index in [1.54, 1.807) is 13.8 Å². The minimum Gasteiger partial charge on any atom is -0.484 e. The predicted molar refractivity (Wildman–Crippen MR) is 85.8 cm³/mol. The van der Waals surface area contributed by atoms with Gasteiger partial charge in [-0.1, -0.05) is 6.07 Å². The Labute approximate surface area is 143 Å². The molecule has 0 fully saturated rings. The number of urea groups is 1. The number of anilines is 1. The standard InChI is InChI=1S/C16H21F3N2O4/c1-10-11(5-4-6-12(10)25-9-16(17,18)19)20-14(24)21-15(2,3)8-7-13(22)23/h4-6H,7-9H2,1-3H3,(H,22,23)(H2,20,21,24). The Bertz CT molecular complexity index is 630. The van der Waals surface area contributed by atoms with Crippen molar-refractivity contribution in [2.45, 2.75) is 45.3 Å². The monoisotopic (exact) mass is 362 g/mol. The zero-order valence-corrected chi connectivity index (χ0v) is 14.2. The Morgan fingerprint density at radius 3 is 2.44 bits per heavy atom. The van der Waals surface area contributed by atoms with Crippen LogP contribution in [0.1, 0.15) is 32.3 Å². The summed E-state index contributed by atoms with van der Waals surface area (Å²) < 4.78 is 41.5. The van der Waals surface area contributed by atoms with Crippen molar-refractivity contribution in [1.82, 2.24) is 5.32 Å². The number of aliphatic carboxylic acids is 1. The quantitative estimate of drug-likeness (QED) is 0.690.